The first kappa shape index (κ1) is 14.7. The van der Waals surface area contributed by atoms with Gasteiger partial charge in [0.2, 0.25) is 10.0 Å². The molecule has 2 aliphatic rings. The molecule has 2 fully saturated rings. The van der Waals surface area contributed by atoms with E-state index in [0.717, 1.165) is 0 Å². The molecule has 6 nitrogen and oxygen atoms in total. The van der Waals surface area contributed by atoms with Crippen molar-refractivity contribution < 1.29 is 17.9 Å². The van der Waals surface area contributed by atoms with E-state index in [2.05, 4.69) is 4.72 Å². The number of sulfonamides is 1. The predicted molar refractivity (Wildman–Crippen MR) is 70.8 cm³/mol. The molecule has 0 aliphatic heterocycles. The van der Waals surface area contributed by atoms with Crippen LogP contribution in [0, 0.1) is 5.41 Å². The summed E-state index contributed by atoms with van der Waals surface area (Å²) in [6.07, 6.45) is 1.47. The van der Waals surface area contributed by atoms with Crippen molar-refractivity contribution in [1.29, 1.82) is 0 Å². The molecule has 2 unspecified atom stereocenters. The Hall–Kier alpha value is -0.660. The Kier molecular flexibility index (Phi) is 3.43. The van der Waals surface area contributed by atoms with Crippen LogP contribution in [0.15, 0.2) is 0 Å². The van der Waals surface area contributed by atoms with E-state index >= 15 is 0 Å². The first-order chi connectivity index (χ1) is 8.65. The van der Waals surface area contributed by atoms with Crippen molar-refractivity contribution in [3.63, 3.8) is 0 Å². The highest BCUT2D eigenvalue weighted by Crippen LogP contribution is 2.50. The summed E-state index contributed by atoms with van der Waals surface area (Å²) in [5.41, 5.74) is 4.35. The van der Waals surface area contributed by atoms with E-state index in [1.54, 1.807) is 0 Å². The zero-order valence-corrected chi connectivity index (χ0v) is 12.4. The third kappa shape index (κ3) is 2.28. The Balaban J connectivity index is 2.07. The zero-order chi connectivity index (χ0) is 14.5. The number of nitrogens with one attached hydrogen (secondary N) is 1. The molecule has 2 saturated carbocycles. The van der Waals surface area contributed by atoms with Crippen molar-refractivity contribution in [2.45, 2.75) is 56.9 Å². The molecule has 0 aromatic heterocycles. The molecule has 2 atom stereocenters. The molecule has 0 radical (unpaired) electrons. The maximum absolute atomic E-state index is 12.2. The molecule has 2 aliphatic carbocycles. The Bertz CT molecular complexity index is 484. The van der Waals surface area contributed by atoms with Crippen molar-refractivity contribution in [3.05, 3.63) is 0 Å². The van der Waals surface area contributed by atoms with Crippen molar-refractivity contribution in [2.24, 2.45) is 11.1 Å². The van der Waals surface area contributed by atoms with Gasteiger partial charge in [-0.15, -0.1) is 0 Å². The molecular formula is C12H22N2O4S. The number of nitrogens with two attached hydrogens (primary N) is 1. The lowest BCUT2D eigenvalue weighted by molar-refractivity contribution is -0.169. The number of carbonyl (C=O) groups is 1. The van der Waals surface area contributed by atoms with Crippen molar-refractivity contribution in [3.8, 4) is 0 Å². The number of rotatable bonds is 5. The topological polar surface area (TPSA) is 98.5 Å². The van der Waals surface area contributed by atoms with Crippen LogP contribution in [0.2, 0.25) is 0 Å². The SMILES string of the molecule is CCOC1CC(N)(C(=O)NS(=O)(=O)C2CC2)C1(C)C. The van der Waals surface area contributed by atoms with Crippen LogP contribution in [0.1, 0.15) is 40.0 Å². The zero-order valence-electron chi connectivity index (χ0n) is 11.6. The minimum atomic E-state index is -3.55. The summed E-state index contributed by atoms with van der Waals surface area (Å²) in [4.78, 5) is 12.2. The van der Waals surface area contributed by atoms with E-state index in [1.807, 2.05) is 20.8 Å². The summed E-state index contributed by atoms with van der Waals surface area (Å²) in [5, 5.41) is -0.425. The third-order valence-corrected chi connectivity index (χ3v) is 6.25. The molecule has 19 heavy (non-hydrogen) atoms. The standard InChI is InChI=1S/C12H22N2O4S/c1-4-18-9-7-12(13,11(9,2)3)10(15)14-19(16,17)8-5-6-8/h8-9H,4-7,13H2,1-3H3,(H,14,15). The van der Waals surface area contributed by atoms with E-state index in [9.17, 15) is 13.2 Å². The number of hydrogen-bond acceptors (Lipinski definition) is 5. The van der Waals surface area contributed by atoms with Gasteiger partial charge in [-0.2, -0.15) is 0 Å². The predicted octanol–water partition coefficient (Wildman–Crippen LogP) is 0.127. The summed E-state index contributed by atoms with van der Waals surface area (Å²) in [6.45, 7) is 6.09. The first-order valence-corrected chi connectivity index (χ1v) is 8.16. The maximum Gasteiger partial charge on any atom is 0.254 e. The monoisotopic (exact) mass is 290 g/mol. The second-order valence-electron chi connectivity index (χ2n) is 6.02. The van der Waals surface area contributed by atoms with E-state index < -0.39 is 32.1 Å². The average molecular weight is 290 g/mol. The molecule has 0 heterocycles. The van der Waals surface area contributed by atoms with Gasteiger partial charge < -0.3 is 10.5 Å². The molecule has 1 amide bonds. The van der Waals surface area contributed by atoms with Crippen molar-refractivity contribution in [1.82, 2.24) is 4.72 Å². The number of carbonyl (C=O) groups excluding carboxylic acids is 1. The summed E-state index contributed by atoms with van der Waals surface area (Å²) < 4.78 is 31.2. The van der Waals surface area contributed by atoms with Gasteiger partial charge in [0.05, 0.1) is 11.4 Å². The number of amides is 1. The number of ether oxygens (including phenoxy) is 1. The fraction of sp³-hybridized carbons (Fsp3) is 0.917. The lowest BCUT2D eigenvalue weighted by atomic mass is 9.54. The maximum atomic E-state index is 12.2. The smallest absolute Gasteiger partial charge is 0.254 e. The summed E-state index contributed by atoms with van der Waals surface area (Å²) >= 11 is 0. The molecule has 0 bridgehead atoms. The van der Waals surface area contributed by atoms with Gasteiger partial charge >= 0.3 is 0 Å². The minimum Gasteiger partial charge on any atom is -0.378 e. The molecule has 7 heteroatoms. The van der Waals surface area contributed by atoms with Crippen LogP contribution in [-0.2, 0) is 19.6 Å². The van der Waals surface area contributed by atoms with Crippen LogP contribution >= 0.6 is 0 Å². The second kappa shape index (κ2) is 4.43. The highest BCUT2D eigenvalue weighted by atomic mass is 32.2. The summed E-state index contributed by atoms with van der Waals surface area (Å²) in [6, 6.07) is 0. The van der Waals surface area contributed by atoms with E-state index in [1.165, 1.54) is 0 Å². The summed E-state index contributed by atoms with van der Waals surface area (Å²) in [7, 11) is -3.55. The van der Waals surface area contributed by atoms with Crippen molar-refractivity contribution in [2.75, 3.05) is 6.61 Å². The highest BCUT2D eigenvalue weighted by Gasteiger charge is 2.63. The first-order valence-electron chi connectivity index (χ1n) is 6.61. The molecular weight excluding hydrogens is 268 g/mol. The van der Waals surface area contributed by atoms with Gasteiger partial charge in [0, 0.05) is 18.4 Å². The van der Waals surface area contributed by atoms with Gasteiger partial charge in [-0.1, -0.05) is 13.8 Å². The summed E-state index contributed by atoms with van der Waals surface area (Å²) in [5.74, 6) is -0.611. The Morgan fingerprint density at radius 1 is 1.42 bits per heavy atom. The molecule has 3 N–H and O–H groups in total. The largest absolute Gasteiger partial charge is 0.378 e. The molecule has 2 rings (SSSR count). The van der Waals surface area contributed by atoms with Gasteiger partial charge in [-0.3, -0.25) is 9.52 Å². The fourth-order valence-electron chi connectivity index (χ4n) is 2.50. The van der Waals surface area contributed by atoms with Gasteiger partial charge in [0.1, 0.15) is 5.54 Å². The van der Waals surface area contributed by atoms with Crippen molar-refractivity contribution >= 4 is 15.9 Å². The molecule has 110 valence electrons. The van der Waals surface area contributed by atoms with Gasteiger partial charge in [0.15, 0.2) is 0 Å². The average Bonchev–Trinajstić information content (AvgIpc) is 3.11. The van der Waals surface area contributed by atoms with Crippen LogP contribution < -0.4 is 10.5 Å². The molecule has 0 saturated heterocycles. The lowest BCUT2D eigenvalue weighted by Crippen LogP contribution is -2.76. The van der Waals surface area contributed by atoms with E-state index in [-0.39, 0.29) is 6.10 Å². The normalized spacial score (nSPS) is 33.6. The highest BCUT2D eigenvalue weighted by molar-refractivity contribution is 7.90. The van der Waals surface area contributed by atoms with Crippen LogP contribution in [-0.4, -0.2) is 37.8 Å². The van der Waals surface area contributed by atoms with Crippen LogP contribution in [0.4, 0.5) is 0 Å². The molecule has 0 aromatic rings. The Morgan fingerprint density at radius 3 is 2.42 bits per heavy atom. The number of hydrogen-bond donors (Lipinski definition) is 2. The van der Waals surface area contributed by atoms with Gasteiger partial charge in [-0.05, 0) is 19.8 Å². The molecule has 0 aromatic carbocycles. The van der Waals surface area contributed by atoms with E-state index in [4.69, 9.17) is 10.5 Å². The van der Waals surface area contributed by atoms with Gasteiger partial charge in [-0.25, -0.2) is 8.42 Å². The van der Waals surface area contributed by atoms with Crippen LogP contribution in [0.25, 0.3) is 0 Å². The van der Waals surface area contributed by atoms with Crippen LogP contribution in [0.3, 0.4) is 0 Å². The minimum absolute atomic E-state index is 0.114. The van der Waals surface area contributed by atoms with E-state index in [0.29, 0.717) is 25.9 Å². The lowest BCUT2D eigenvalue weighted by Gasteiger charge is -2.57. The Morgan fingerprint density at radius 2 is 2.00 bits per heavy atom. The quantitative estimate of drug-likeness (QED) is 0.750. The molecule has 0 spiro atoms. The Labute approximate surface area is 114 Å². The van der Waals surface area contributed by atoms with Gasteiger partial charge in [0.25, 0.3) is 5.91 Å². The third-order valence-electron chi connectivity index (χ3n) is 4.43. The second-order valence-corrected chi connectivity index (χ2v) is 7.98. The fourth-order valence-corrected chi connectivity index (χ4v) is 3.87. The van der Waals surface area contributed by atoms with Crippen LogP contribution in [0.5, 0.6) is 0 Å².